The fourth-order valence-electron chi connectivity index (χ4n) is 1.11. The lowest BCUT2D eigenvalue weighted by atomic mass is 10.2. The van der Waals surface area contributed by atoms with Gasteiger partial charge < -0.3 is 5.32 Å². The Bertz CT molecular complexity index is 97.2. The van der Waals surface area contributed by atoms with Crippen molar-refractivity contribution in [2.75, 3.05) is 13.1 Å². The second kappa shape index (κ2) is 10.7. The van der Waals surface area contributed by atoms with Gasteiger partial charge in [0.2, 0.25) is 0 Å². The molecule has 0 heterocycles. The first-order chi connectivity index (χ1) is 5.91. The summed E-state index contributed by atoms with van der Waals surface area (Å²) in [4.78, 5) is 0. The van der Waals surface area contributed by atoms with Crippen molar-refractivity contribution in [3.63, 3.8) is 0 Å². The number of nitrogens with one attached hydrogen (secondary N) is 1. The number of unbranched alkanes of at least 4 members (excludes halogenated alkanes) is 3. The molecule has 0 spiro atoms. The average Bonchev–Trinajstić information content (AvgIpc) is 2.10. The molecule has 0 atom stereocenters. The van der Waals surface area contributed by atoms with E-state index in [0.29, 0.717) is 0 Å². The Morgan fingerprint density at radius 2 is 1.83 bits per heavy atom. The lowest BCUT2D eigenvalue weighted by Crippen LogP contribution is -2.14. The van der Waals surface area contributed by atoms with Crippen molar-refractivity contribution < 1.29 is 0 Å². The first kappa shape index (κ1) is 11.7. The van der Waals surface area contributed by atoms with E-state index in [1.54, 1.807) is 0 Å². The number of hydrogen-bond donors (Lipinski definition) is 1. The average molecular weight is 169 g/mol. The van der Waals surface area contributed by atoms with Gasteiger partial charge in [-0.05, 0) is 19.4 Å². The molecule has 0 aliphatic rings. The molecule has 0 aromatic carbocycles. The van der Waals surface area contributed by atoms with Gasteiger partial charge in [-0.2, -0.15) is 0 Å². The van der Waals surface area contributed by atoms with E-state index in [0.717, 1.165) is 13.0 Å². The van der Waals surface area contributed by atoms with Crippen molar-refractivity contribution in [3.8, 4) is 0 Å². The van der Waals surface area contributed by atoms with Crippen LogP contribution in [-0.4, -0.2) is 13.1 Å². The summed E-state index contributed by atoms with van der Waals surface area (Å²) in [6, 6.07) is 0. The maximum atomic E-state index is 3.39. The van der Waals surface area contributed by atoms with E-state index in [9.17, 15) is 0 Å². The van der Waals surface area contributed by atoms with Crippen molar-refractivity contribution in [2.45, 2.75) is 46.0 Å². The molecule has 0 amide bonds. The van der Waals surface area contributed by atoms with Gasteiger partial charge in [0.1, 0.15) is 0 Å². The standard InChI is InChI=1S/C11H23N/c1-3-5-7-9-11-12-10-8-6-4-2/h6,8,12H,3-5,7,9-11H2,1-2H3/b8-6+. The Kier molecular flexibility index (Phi) is 10.4. The zero-order valence-corrected chi connectivity index (χ0v) is 8.60. The van der Waals surface area contributed by atoms with Crippen LogP contribution >= 0.6 is 0 Å². The molecule has 0 saturated heterocycles. The van der Waals surface area contributed by atoms with Crippen LogP contribution in [0.1, 0.15) is 46.0 Å². The maximum Gasteiger partial charge on any atom is 0.0134 e. The van der Waals surface area contributed by atoms with Crippen LogP contribution in [0.5, 0.6) is 0 Å². The van der Waals surface area contributed by atoms with Gasteiger partial charge in [-0.3, -0.25) is 0 Å². The van der Waals surface area contributed by atoms with E-state index >= 15 is 0 Å². The van der Waals surface area contributed by atoms with Gasteiger partial charge in [0.15, 0.2) is 0 Å². The highest BCUT2D eigenvalue weighted by atomic mass is 14.8. The van der Waals surface area contributed by atoms with Crippen molar-refractivity contribution in [1.82, 2.24) is 5.32 Å². The van der Waals surface area contributed by atoms with Crippen LogP contribution in [0.2, 0.25) is 0 Å². The van der Waals surface area contributed by atoms with E-state index in [1.165, 1.54) is 32.2 Å². The van der Waals surface area contributed by atoms with E-state index < -0.39 is 0 Å². The van der Waals surface area contributed by atoms with Crippen LogP contribution < -0.4 is 5.32 Å². The van der Waals surface area contributed by atoms with Crippen LogP contribution in [0, 0.1) is 0 Å². The molecule has 0 rings (SSSR count). The monoisotopic (exact) mass is 169 g/mol. The van der Waals surface area contributed by atoms with Crippen molar-refractivity contribution in [3.05, 3.63) is 12.2 Å². The molecule has 0 aliphatic carbocycles. The molecule has 1 nitrogen and oxygen atoms in total. The minimum Gasteiger partial charge on any atom is -0.313 e. The summed E-state index contributed by atoms with van der Waals surface area (Å²) in [6.07, 6.45) is 11.0. The summed E-state index contributed by atoms with van der Waals surface area (Å²) < 4.78 is 0. The van der Waals surface area contributed by atoms with Crippen molar-refractivity contribution in [2.24, 2.45) is 0 Å². The highest BCUT2D eigenvalue weighted by Crippen LogP contribution is 1.96. The lowest BCUT2D eigenvalue weighted by Gasteiger charge is -2.00. The molecule has 12 heavy (non-hydrogen) atoms. The topological polar surface area (TPSA) is 12.0 Å². The SMILES string of the molecule is CC/C=C/CNCCCCCC. The molecular formula is C11H23N. The van der Waals surface area contributed by atoms with Gasteiger partial charge in [-0.1, -0.05) is 45.3 Å². The molecule has 1 N–H and O–H groups in total. The van der Waals surface area contributed by atoms with E-state index in [1.807, 2.05) is 0 Å². The summed E-state index contributed by atoms with van der Waals surface area (Å²) in [5.74, 6) is 0. The lowest BCUT2D eigenvalue weighted by molar-refractivity contribution is 0.620. The third-order valence-corrected chi connectivity index (χ3v) is 1.87. The molecule has 0 bridgehead atoms. The Morgan fingerprint density at radius 3 is 2.50 bits per heavy atom. The molecule has 0 aliphatic heterocycles. The van der Waals surface area contributed by atoms with Gasteiger partial charge in [-0.25, -0.2) is 0 Å². The third kappa shape index (κ3) is 9.70. The zero-order valence-electron chi connectivity index (χ0n) is 8.60. The first-order valence-corrected chi connectivity index (χ1v) is 5.27. The van der Waals surface area contributed by atoms with Crippen LogP contribution in [0.4, 0.5) is 0 Å². The minimum atomic E-state index is 1.04. The highest BCUT2D eigenvalue weighted by molar-refractivity contribution is 4.82. The Labute approximate surface area is 77.2 Å². The fourth-order valence-corrected chi connectivity index (χ4v) is 1.11. The van der Waals surface area contributed by atoms with Gasteiger partial charge in [-0.15, -0.1) is 0 Å². The van der Waals surface area contributed by atoms with Gasteiger partial charge >= 0.3 is 0 Å². The van der Waals surface area contributed by atoms with Gasteiger partial charge in [0.25, 0.3) is 0 Å². The quantitative estimate of drug-likeness (QED) is 0.435. The van der Waals surface area contributed by atoms with Gasteiger partial charge in [0, 0.05) is 6.54 Å². The molecule has 0 radical (unpaired) electrons. The molecule has 72 valence electrons. The molecule has 0 saturated carbocycles. The molecule has 0 aromatic rings. The van der Waals surface area contributed by atoms with E-state index in [4.69, 9.17) is 0 Å². The fraction of sp³-hybridized carbons (Fsp3) is 0.818. The Morgan fingerprint density at radius 1 is 1.00 bits per heavy atom. The molecule has 1 heteroatoms. The van der Waals surface area contributed by atoms with E-state index in [2.05, 4.69) is 31.3 Å². The van der Waals surface area contributed by atoms with Crippen LogP contribution in [0.25, 0.3) is 0 Å². The smallest absolute Gasteiger partial charge is 0.0134 e. The van der Waals surface area contributed by atoms with Gasteiger partial charge in [0.05, 0.1) is 0 Å². The van der Waals surface area contributed by atoms with Crippen molar-refractivity contribution >= 4 is 0 Å². The van der Waals surface area contributed by atoms with Crippen LogP contribution in [0.3, 0.4) is 0 Å². The minimum absolute atomic E-state index is 1.04. The van der Waals surface area contributed by atoms with Crippen LogP contribution in [0.15, 0.2) is 12.2 Å². The number of hydrogen-bond acceptors (Lipinski definition) is 1. The van der Waals surface area contributed by atoms with E-state index in [-0.39, 0.29) is 0 Å². The second-order valence-electron chi connectivity index (χ2n) is 3.14. The predicted molar refractivity (Wildman–Crippen MR) is 56.4 cm³/mol. The molecule has 0 aromatic heterocycles. The summed E-state index contributed by atoms with van der Waals surface area (Å²) in [7, 11) is 0. The molecule has 0 fully saturated rings. The number of allylic oxidation sites excluding steroid dienone is 1. The normalized spacial score (nSPS) is 11.2. The third-order valence-electron chi connectivity index (χ3n) is 1.87. The summed E-state index contributed by atoms with van der Waals surface area (Å²) in [5.41, 5.74) is 0. The summed E-state index contributed by atoms with van der Waals surface area (Å²) >= 11 is 0. The maximum absolute atomic E-state index is 3.39. The van der Waals surface area contributed by atoms with Crippen LogP contribution in [-0.2, 0) is 0 Å². The Balaban J connectivity index is 2.86. The second-order valence-corrected chi connectivity index (χ2v) is 3.14. The summed E-state index contributed by atoms with van der Waals surface area (Å²) in [5, 5.41) is 3.39. The van der Waals surface area contributed by atoms with Crippen molar-refractivity contribution in [1.29, 1.82) is 0 Å². The first-order valence-electron chi connectivity index (χ1n) is 5.27. The zero-order chi connectivity index (χ0) is 9.07. The predicted octanol–water partition coefficient (Wildman–Crippen LogP) is 3.12. The molecule has 0 unspecified atom stereocenters. The Hall–Kier alpha value is -0.300. The largest absolute Gasteiger partial charge is 0.313 e. The molecular weight excluding hydrogens is 146 g/mol. The highest BCUT2D eigenvalue weighted by Gasteiger charge is 1.85. The summed E-state index contributed by atoms with van der Waals surface area (Å²) in [6.45, 7) is 6.63. The number of rotatable bonds is 8.